The Bertz CT molecular complexity index is 461. The van der Waals surface area contributed by atoms with Gasteiger partial charge in [-0.15, -0.1) is 11.3 Å². The first kappa shape index (κ1) is 14.5. The highest BCUT2D eigenvalue weighted by Gasteiger charge is 2.41. The van der Waals surface area contributed by atoms with Gasteiger partial charge in [-0.25, -0.2) is 0 Å². The summed E-state index contributed by atoms with van der Waals surface area (Å²) in [6.07, 6.45) is 2.83. The summed E-state index contributed by atoms with van der Waals surface area (Å²) in [6.45, 7) is 9.31. The minimum Gasteiger partial charge on any atom is -0.374 e. The molecule has 2 fully saturated rings. The fourth-order valence-corrected chi connectivity index (χ4v) is 4.27. The maximum absolute atomic E-state index is 5.96. The lowest BCUT2D eigenvalue weighted by molar-refractivity contribution is -0.0700. The molecule has 0 amide bonds. The van der Waals surface area contributed by atoms with Crippen LogP contribution in [0, 0.1) is 0 Å². The SMILES string of the molecule is CC(C)(C)c1ccc(C2C(CN)OCCN2C2CC2)s1. The van der Waals surface area contributed by atoms with Crippen molar-refractivity contribution in [1.29, 1.82) is 0 Å². The zero-order valence-electron chi connectivity index (χ0n) is 12.8. The summed E-state index contributed by atoms with van der Waals surface area (Å²) >= 11 is 1.94. The topological polar surface area (TPSA) is 38.5 Å². The second-order valence-corrected chi connectivity index (χ2v) is 8.13. The normalized spacial score (nSPS) is 28.8. The predicted octanol–water partition coefficient (Wildman–Crippen LogP) is 2.91. The smallest absolute Gasteiger partial charge is 0.0902 e. The van der Waals surface area contributed by atoms with Crippen molar-refractivity contribution in [2.45, 2.75) is 57.2 Å². The molecule has 2 aliphatic rings. The molecule has 2 atom stereocenters. The maximum atomic E-state index is 5.96. The third-order valence-corrected chi connectivity index (χ3v) is 5.88. The highest BCUT2D eigenvalue weighted by Crippen LogP contribution is 2.42. The highest BCUT2D eigenvalue weighted by molar-refractivity contribution is 7.12. The van der Waals surface area contributed by atoms with Gasteiger partial charge in [0.15, 0.2) is 0 Å². The van der Waals surface area contributed by atoms with Gasteiger partial charge in [0.25, 0.3) is 0 Å². The molecule has 1 aromatic heterocycles. The first-order valence-electron chi connectivity index (χ1n) is 7.68. The second-order valence-electron chi connectivity index (χ2n) is 7.01. The third-order valence-electron chi connectivity index (χ3n) is 4.30. The average Bonchev–Trinajstić information content (AvgIpc) is 3.13. The Hall–Kier alpha value is -0.420. The first-order chi connectivity index (χ1) is 9.50. The van der Waals surface area contributed by atoms with E-state index in [0.717, 1.165) is 19.2 Å². The molecule has 0 bridgehead atoms. The van der Waals surface area contributed by atoms with E-state index in [-0.39, 0.29) is 11.5 Å². The minimum absolute atomic E-state index is 0.149. The van der Waals surface area contributed by atoms with Crippen LogP contribution in [0.2, 0.25) is 0 Å². The van der Waals surface area contributed by atoms with E-state index >= 15 is 0 Å². The summed E-state index contributed by atoms with van der Waals surface area (Å²) < 4.78 is 5.94. The Morgan fingerprint density at radius 1 is 1.35 bits per heavy atom. The van der Waals surface area contributed by atoms with Gasteiger partial charge in [0.2, 0.25) is 0 Å². The van der Waals surface area contributed by atoms with Crippen molar-refractivity contribution in [2.24, 2.45) is 5.73 Å². The molecule has 2 unspecified atom stereocenters. The summed E-state index contributed by atoms with van der Waals surface area (Å²) in [4.78, 5) is 5.51. The van der Waals surface area contributed by atoms with Gasteiger partial charge in [-0.3, -0.25) is 4.90 Å². The summed E-state index contributed by atoms with van der Waals surface area (Å²) in [5.41, 5.74) is 6.18. The van der Waals surface area contributed by atoms with Gasteiger partial charge >= 0.3 is 0 Å². The minimum atomic E-state index is 0.149. The quantitative estimate of drug-likeness (QED) is 0.931. The number of ether oxygens (including phenoxy) is 1. The average molecular weight is 294 g/mol. The fraction of sp³-hybridized carbons (Fsp3) is 0.750. The molecule has 1 aliphatic heterocycles. The van der Waals surface area contributed by atoms with Crippen LogP contribution >= 0.6 is 11.3 Å². The van der Waals surface area contributed by atoms with Crippen LogP contribution in [0.5, 0.6) is 0 Å². The van der Waals surface area contributed by atoms with Gasteiger partial charge in [0, 0.05) is 28.9 Å². The fourth-order valence-electron chi connectivity index (χ4n) is 3.03. The molecule has 20 heavy (non-hydrogen) atoms. The molecular formula is C16H26N2OS. The molecule has 0 aromatic carbocycles. The van der Waals surface area contributed by atoms with Crippen molar-refractivity contribution in [1.82, 2.24) is 4.90 Å². The Labute approximate surface area is 126 Å². The van der Waals surface area contributed by atoms with Gasteiger partial charge in [0.1, 0.15) is 0 Å². The van der Waals surface area contributed by atoms with Crippen LogP contribution in [0.3, 0.4) is 0 Å². The number of thiophene rings is 1. The van der Waals surface area contributed by atoms with Gasteiger partial charge in [-0.1, -0.05) is 20.8 Å². The van der Waals surface area contributed by atoms with Crippen molar-refractivity contribution in [2.75, 3.05) is 19.7 Å². The predicted molar refractivity (Wildman–Crippen MR) is 84.3 cm³/mol. The number of hydrogen-bond acceptors (Lipinski definition) is 4. The standard InChI is InChI=1S/C16H26N2OS/c1-16(2,3)14-7-6-13(20-14)15-12(10-17)19-9-8-18(15)11-4-5-11/h6-7,11-12,15H,4-5,8-10,17H2,1-3H3. The Balaban J connectivity index is 1.88. The first-order valence-corrected chi connectivity index (χ1v) is 8.50. The molecule has 3 rings (SSSR count). The van der Waals surface area contributed by atoms with Crippen LogP contribution in [0.4, 0.5) is 0 Å². The number of nitrogens with zero attached hydrogens (tertiary/aromatic N) is 1. The van der Waals surface area contributed by atoms with Gasteiger partial charge < -0.3 is 10.5 Å². The molecule has 112 valence electrons. The molecule has 3 nitrogen and oxygen atoms in total. The molecule has 0 radical (unpaired) electrons. The van der Waals surface area contributed by atoms with Crippen LogP contribution in [-0.2, 0) is 10.2 Å². The summed E-state index contributed by atoms with van der Waals surface area (Å²) in [6, 6.07) is 5.70. The maximum Gasteiger partial charge on any atom is 0.0902 e. The van der Waals surface area contributed by atoms with E-state index < -0.39 is 0 Å². The summed E-state index contributed by atoms with van der Waals surface area (Å²) in [5, 5.41) is 0. The Morgan fingerprint density at radius 3 is 2.65 bits per heavy atom. The molecule has 1 aromatic rings. The van der Waals surface area contributed by atoms with Gasteiger partial charge in [-0.2, -0.15) is 0 Å². The lowest BCUT2D eigenvalue weighted by Gasteiger charge is -2.40. The third kappa shape index (κ3) is 2.80. The Morgan fingerprint density at radius 2 is 2.10 bits per heavy atom. The van der Waals surface area contributed by atoms with Crippen molar-refractivity contribution < 1.29 is 4.74 Å². The summed E-state index contributed by atoms with van der Waals surface area (Å²) in [5.74, 6) is 0. The molecule has 1 saturated heterocycles. The summed E-state index contributed by atoms with van der Waals surface area (Å²) in [7, 11) is 0. The lowest BCUT2D eigenvalue weighted by Crippen LogP contribution is -2.48. The molecule has 1 saturated carbocycles. The molecule has 4 heteroatoms. The Kier molecular flexibility index (Phi) is 3.93. The van der Waals surface area contributed by atoms with Gasteiger partial charge in [0.05, 0.1) is 18.8 Å². The van der Waals surface area contributed by atoms with Crippen LogP contribution in [0.25, 0.3) is 0 Å². The number of morpholine rings is 1. The van der Waals surface area contributed by atoms with Crippen LogP contribution in [-0.4, -0.2) is 36.7 Å². The lowest BCUT2D eigenvalue weighted by atomic mass is 9.95. The monoisotopic (exact) mass is 294 g/mol. The van der Waals surface area contributed by atoms with E-state index in [1.807, 2.05) is 11.3 Å². The number of rotatable bonds is 3. The molecule has 2 N–H and O–H groups in total. The number of hydrogen-bond donors (Lipinski definition) is 1. The zero-order valence-corrected chi connectivity index (χ0v) is 13.6. The zero-order chi connectivity index (χ0) is 14.3. The highest BCUT2D eigenvalue weighted by atomic mass is 32.1. The van der Waals surface area contributed by atoms with Crippen molar-refractivity contribution >= 4 is 11.3 Å². The van der Waals surface area contributed by atoms with Crippen LogP contribution in [0.1, 0.15) is 49.4 Å². The van der Waals surface area contributed by atoms with Crippen molar-refractivity contribution in [3.63, 3.8) is 0 Å². The van der Waals surface area contributed by atoms with E-state index in [1.54, 1.807) is 0 Å². The second kappa shape index (κ2) is 5.41. The van der Waals surface area contributed by atoms with Gasteiger partial charge in [-0.05, 0) is 30.4 Å². The van der Waals surface area contributed by atoms with Crippen molar-refractivity contribution in [3.8, 4) is 0 Å². The van der Waals surface area contributed by atoms with Crippen molar-refractivity contribution in [3.05, 3.63) is 21.9 Å². The molecular weight excluding hydrogens is 268 g/mol. The molecule has 2 heterocycles. The van der Waals surface area contributed by atoms with E-state index in [9.17, 15) is 0 Å². The largest absolute Gasteiger partial charge is 0.374 e. The van der Waals surface area contributed by atoms with E-state index in [2.05, 4.69) is 37.8 Å². The molecule has 0 spiro atoms. The van der Waals surface area contributed by atoms with E-state index in [1.165, 1.54) is 22.6 Å². The molecule has 1 aliphatic carbocycles. The van der Waals surface area contributed by atoms with Crippen LogP contribution in [0.15, 0.2) is 12.1 Å². The van der Waals surface area contributed by atoms with Crippen LogP contribution < -0.4 is 5.73 Å². The van der Waals surface area contributed by atoms with E-state index in [0.29, 0.717) is 12.6 Å². The van der Waals surface area contributed by atoms with E-state index in [4.69, 9.17) is 10.5 Å². The number of nitrogens with two attached hydrogens (primary N) is 1.